The van der Waals surface area contributed by atoms with E-state index in [2.05, 4.69) is 20.2 Å². The van der Waals surface area contributed by atoms with E-state index in [9.17, 15) is 0 Å². The van der Waals surface area contributed by atoms with Crippen LogP contribution in [-0.2, 0) is 0 Å². The molecule has 0 amide bonds. The fourth-order valence-electron chi connectivity index (χ4n) is 1.34. The van der Waals surface area contributed by atoms with E-state index < -0.39 is 0 Å². The van der Waals surface area contributed by atoms with Crippen LogP contribution < -0.4 is 0 Å². The Morgan fingerprint density at radius 1 is 0.800 bits per heavy atom. The topological polar surface area (TPSA) is 56.5 Å². The minimum Gasteiger partial charge on any atom is -0.231 e. The van der Waals surface area contributed by atoms with E-state index in [1.165, 1.54) is 4.80 Å². The van der Waals surface area contributed by atoms with Gasteiger partial charge in [-0.05, 0) is 12.1 Å². The van der Waals surface area contributed by atoms with Gasteiger partial charge in [-0.25, -0.2) is 9.97 Å². The van der Waals surface area contributed by atoms with E-state index in [1.807, 2.05) is 30.3 Å². The lowest BCUT2D eigenvalue weighted by atomic mass is 10.3. The van der Waals surface area contributed by atoms with Gasteiger partial charge in [0, 0.05) is 12.4 Å². The second-order valence-electron chi connectivity index (χ2n) is 3.03. The van der Waals surface area contributed by atoms with Crippen LogP contribution in [0.25, 0.3) is 17.0 Å². The van der Waals surface area contributed by atoms with Gasteiger partial charge in [-0.2, -0.15) is 0 Å². The molecular formula is C10H7N5. The molecular weight excluding hydrogens is 190 g/mol. The molecule has 3 rings (SSSR count). The van der Waals surface area contributed by atoms with Crippen molar-refractivity contribution in [1.82, 2.24) is 25.0 Å². The summed E-state index contributed by atoms with van der Waals surface area (Å²) in [5.74, 6) is 0. The fourth-order valence-corrected chi connectivity index (χ4v) is 1.34. The average molecular weight is 197 g/mol. The number of para-hydroxylation sites is 1. The molecule has 0 spiro atoms. The first kappa shape index (κ1) is 8.05. The summed E-state index contributed by atoms with van der Waals surface area (Å²) in [5.41, 5.74) is 2.01. The minimum absolute atomic E-state index is 0.557. The van der Waals surface area contributed by atoms with Crippen molar-refractivity contribution in [3.8, 4) is 5.69 Å². The number of nitrogens with zero attached hydrogens (tertiary/aromatic N) is 5. The minimum atomic E-state index is 0.557. The molecule has 1 aromatic carbocycles. The SMILES string of the molecule is c1ccc(-n2nc3nccnc3n2)cc1. The van der Waals surface area contributed by atoms with Crippen LogP contribution in [0.1, 0.15) is 0 Å². The third-order valence-electron chi connectivity index (χ3n) is 2.03. The van der Waals surface area contributed by atoms with Crippen LogP contribution >= 0.6 is 0 Å². The molecule has 0 aliphatic heterocycles. The molecule has 0 radical (unpaired) electrons. The highest BCUT2D eigenvalue weighted by Crippen LogP contribution is 2.07. The Hall–Kier alpha value is -2.30. The lowest BCUT2D eigenvalue weighted by Gasteiger charge is -1.95. The second-order valence-corrected chi connectivity index (χ2v) is 3.03. The van der Waals surface area contributed by atoms with Crippen LogP contribution in [0.3, 0.4) is 0 Å². The summed E-state index contributed by atoms with van der Waals surface area (Å²) in [6.07, 6.45) is 3.21. The van der Waals surface area contributed by atoms with E-state index in [-0.39, 0.29) is 0 Å². The molecule has 0 N–H and O–H groups in total. The first-order chi connectivity index (χ1) is 7.43. The maximum Gasteiger partial charge on any atom is 0.221 e. The molecule has 15 heavy (non-hydrogen) atoms. The smallest absolute Gasteiger partial charge is 0.221 e. The zero-order chi connectivity index (χ0) is 10.1. The second kappa shape index (κ2) is 3.13. The van der Waals surface area contributed by atoms with Gasteiger partial charge in [-0.1, -0.05) is 18.2 Å². The number of aromatic nitrogens is 5. The Morgan fingerprint density at radius 3 is 2.00 bits per heavy atom. The van der Waals surface area contributed by atoms with Crippen molar-refractivity contribution in [3.05, 3.63) is 42.7 Å². The van der Waals surface area contributed by atoms with Gasteiger partial charge < -0.3 is 0 Å². The first-order valence-electron chi connectivity index (χ1n) is 4.53. The molecule has 2 aromatic heterocycles. The molecule has 0 bridgehead atoms. The maximum absolute atomic E-state index is 4.21. The molecule has 5 heteroatoms. The molecule has 0 saturated carbocycles. The molecule has 0 aliphatic carbocycles. The predicted molar refractivity (Wildman–Crippen MR) is 54.5 cm³/mol. The van der Waals surface area contributed by atoms with Crippen molar-refractivity contribution >= 4 is 11.3 Å². The molecule has 5 nitrogen and oxygen atoms in total. The average Bonchev–Trinajstić information content (AvgIpc) is 2.74. The summed E-state index contributed by atoms with van der Waals surface area (Å²) in [5, 5.41) is 8.43. The number of hydrogen-bond acceptors (Lipinski definition) is 4. The van der Waals surface area contributed by atoms with Gasteiger partial charge >= 0.3 is 0 Å². The number of benzene rings is 1. The highest BCUT2D eigenvalue weighted by atomic mass is 15.5. The van der Waals surface area contributed by atoms with Crippen molar-refractivity contribution in [3.63, 3.8) is 0 Å². The van der Waals surface area contributed by atoms with Crippen LogP contribution in [0.5, 0.6) is 0 Å². The van der Waals surface area contributed by atoms with Crippen molar-refractivity contribution in [2.75, 3.05) is 0 Å². The Balaban J connectivity index is 2.21. The Bertz CT molecular complexity index is 554. The van der Waals surface area contributed by atoms with E-state index >= 15 is 0 Å². The molecule has 2 heterocycles. The van der Waals surface area contributed by atoms with Gasteiger partial charge in [0.15, 0.2) is 0 Å². The van der Waals surface area contributed by atoms with Crippen molar-refractivity contribution < 1.29 is 0 Å². The van der Waals surface area contributed by atoms with Gasteiger partial charge in [0.1, 0.15) is 0 Å². The van der Waals surface area contributed by atoms with Crippen LogP contribution in [0.4, 0.5) is 0 Å². The summed E-state index contributed by atoms with van der Waals surface area (Å²) in [6.45, 7) is 0. The van der Waals surface area contributed by atoms with Crippen LogP contribution in [0.2, 0.25) is 0 Å². The van der Waals surface area contributed by atoms with Crippen molar-refractivity contribution in [1.29, 1.82) is 0 Å². The molecule has 72 valence electrons. The normalized spacial score (nSPS) is 10.7. The van der Waals surface area contributed by atoms with Gasteiger partial charge in [0.25, 0.3) is 0 Å². The maximum atomic E-state index is 4.21. The third kappa shape index (κ3) is 1.34. The van der Waals surface area contributed by atoms with Crippen LogP contribution in [-0.4, -0.2) is 25.0 Å². The van der Waals surface area contributed by atoms with E-state index in [0.29, 0.717) is 11.3 Å². The molecule has 0 fully saturated rings. The zero-order valence-electron chi connectivity index (χ0n) is 7.78. The largest absolute Gasteiger partial charge is 0.231 e. The Labute approximate surface area is 85.4 Å². The summed E-state index contributed by atoms with van der Waals surface area (Å²) < 4.78 is 0. The van der Waals surface area contributed by atoms with Crippen molar-refractivity contribution in [2.45, 2.75) is 0 Å². The van der Waals surface area contributed by atoms with Gasteiger partial charge in [0.2, 0.25) is 11.3 Å². The predicted octanol–water partition coefficient (Wildman–Crippen LogP) is 1.21. The highest BCUT2D eigenvalue weighted by Gasteiger charge is 2.04. The van der Waals surface area contributed by atoms with E-state index in [1.54, 1.807) is 12.4 Å². The third-order valence-corrected chi connectivity index (χ3v) is 2.03. The molecule has 0 atom stereocenters. The molecule has 3 aromatic rings. The van der Waals surface area contributed by atoms with Crippen molar-refractivity contribution in [2.24, 2.45) is 0 Å². The summed E-state index contributed by atoms with van der Waals surface area (Å²) in [4.78, 5) is 9.67. The lowest BCUT2D eigenvalue weighted by Crippen LogP contribution is -1.97. The summed E-state index contributed by atoms with van der Waals surface area (Å²) in [6, 6.07) is 9.68. The highest BCUT2D eigenvalue weighted by molar-refractivity contribution is 5.62. The molecule has 0 saturated heterocycles. The van der Waals surface area contributed by atoms with Crippen LogP contribution in [0.15, 0.2) is 42.7 Å². The fraction of sp³-hybridized carbons (Fsp3) is 0. The van der Waals surface area contributed by atoms with Crippen LogP contribution in [0, 0.1) is 0 Å². The van der Waals surface area contributed by atoms with Gasteiger partial charge in [0.05, 0.1) is 5.69 Å². The van der Waals surface area contributed by atoms with E-state index in [0.717, 1.165) is 5.69 Å². The molecule has 0 unspecified atom stereocenters. The summed E-state index contributed by atoms with van der Waals surface area (Å²) in [7, 11) is 0. The van der Waals surface area contributed by atoms with E-state index in [4.69, 9.17) is 0 Å². The van der Waals surface area contributed by atoms with Gasteiger partial charge in [-0.15, -0.1) is 15.0 Å². The monoisotopic (exact) mass is 197 g/mol. The first-order valence-corrected chi connectivity index (χ1v) is 4.53. The molecule has 0 aliphatic rings. The Morgan fingerprint density at radius 2 is 1.40 bits per heavy atom. The lowest BCUT2D eigenvalue weighted by molar-refractivity contribution is 0.761. The standard InChI is InChI=1S/C10H7N5/c1-2-4-8(5-3-1)15-13-9-10(14-15)12-7-6-11-9/h1-7H. The number of hydrogen-bond donors (Lipinski definition) is 0. The Kier molecular flexibility index (Phi) is 1.68. The van der Waals surface area contributed by atoms with Gasteiger partial charge in [-0.3, -0.25) is 0 Å². The summed E-state index contributed by atoms with van der Waals surface area (Å²) >= 11 is 0. The number of rotatable bonds is 1. The number of fused-ring (bicyclic) bond motifs is 1. The zero-order valence-corrected chi connectivity index (χ0v) is 7.78. The quantitative estimate of drug-likeness (QED) is 0.588.